The molecule has 1 heterocycles. The van der Waals surface area contributed by atoms with Crippen LogP contribution in [0.15, 0.2) is 42.7 Å². The number of rotatable bonds is 5. The molecule has 0 aliphatic heterocycles. The van der Waals surface area contributed by atoms with Gasteiger partial charge in [0.2, 0.25) is 5.91 Å². The van der Waals surface area contributed by atoms with Crippen molar-refractivity contribution < 1.29 is 4.79 Å². The van der Waals surface area contributed by atoms with Crippen LogP contribution in [0.2, 0.25) is 0 Å². The molecule has 24 heavy (non-hydrogen) atoms. The maximum atomic E-state index is 12.2. The van der Waals surface area contributed by atoms with Gasteiger partial charge in [-0.2, -0.15) is 0 Å². The van der Waals surface area contributed by atoms with Crippen molar-refractivity contribution in [1.29, 1.82) is 0 Å². The van der Waals surface area contributed by atoms with Gasteiger partial charge in [0.25, 0.3) is 0 Å². The van der Waals surface area contributed by atoms with E-state index in [9.17, 15) is 4.79 Å². The molecule has 0 saturated heterocycles. The Balaban J connectivity index is 1.56. The topological polar surface area (TPSA) is 80.9 Å². The molecule has 126 valence electrons. The summed E-state index contributed by atoms with van der Waals surface area (Å²) < 4.78 is 0. The Labute approximate surface area is 142 Å². The number of benzene rings is 1. The van der Waals surface area contributed by atoms with Gasteiger partial charge in [-0.3, -0.25) is 4.79 Å². The van der Waals surface area contributed by atoms with Crippen LogP contribution in [0.5, 0.6) is 0 Å². The third-order valence-corrected chi connectivity index (χ3v) is 4.60. The summed E-state index contributed by atoms with van der Waals surface area (Å²) in [6.07, 6.45) is 10.2. The summed E-state index contributed by atoms with van der Waals surface area (Å²) in [7, 11) is 0. The Bertz CT molecular complexity index is 651. The molecule has 1 saturated carbocycles. The first-order valence-corrected chi connectivity index (χ1v) is 8.66. The van der Waals surface area contributed by atoms with Gasteiger partial charge >= 0.3 is 0 Å². The van der Waals surface area contributed by atoms with Crippen molar-refractivity contribution in [3.63, 3.8) is 0 Å². The average molecular weight is 324 g/mol. The lowest BCUT2D eigenvalue weighted by molar-refractivity contribution is -0.117. The molecule has 0 bridgehead atoms. The number of hydrogen-bond donors (Lipinski definition) is 2. The minimum absolute atomic E-state index is 0.156. The molecule has 1 unspecified atom stereocenters. The van der Waals surface area contributed by atoms with E-state index in [4.69, 9.17) is 5.73 Å². The number of anilines is 1. The molecule has 5 nitrogen and oxygen atoms in total. The van der Waals surface area contributed by atoms with Gasteiger partial charge in [0.05, 0.1) is 24.1 Å². The van der Waals surface area contributed by atoms with Gasteiger partial charge < -0.3 is 11.1 Å². The van der Waals surface area contributed by atoms with E-state index in [-0.39, 0.29) is 5.91 Å². The summed E-state index contributed by atoms with van der Waals surface area (Å²) in [6, 6.07) is 9.27. The maximum Gasteiger partial charge on any atom is 0.241 e. The van der Waals surface area contributed by atoms with E-state index in [1.165, 1.54) is 32.1 Å². The third kappa shape index (κ3) is 4.38. The largest absolute Gasteiger partial charge is 0.322 e. The van der Waals surface area contributed by atoms with Crippen LogP contribution >= 0.6 is 0 Å². The molecule has 3 N–H and O–H groups in total. The Morgan fingerprint density at radius 2 is 1.79 bits per heavy atom. The van der Waals surface area contributed by atoms with Crippen molar-refractivity contribution >= 4 is 11.6 Å². The minimum Gasteiger partial charge on any atom is -0.322 e. The van der Waals surface area contributed by atoms with E-state index in [1.54, 1.807) is 12.4 Å². The van der Waals surface area contributed by atoms with Gasteiger partial charge in [0.1, 0.15) is 0 Å². The highest BCUT2D eigenvalue weighted by Gasteiger charge is 2.21. The molecule has 0 radical (unpaired) electrons. The van der Waals surface area contributed by atoms with Crippen LogP contribution in [0, 0.1) is 5.92 Å². The van der Waals surface area contributed by atoms with E-state index in [0.717, 1.165) is 12.0 Å². The van der Waals surface area contributed by atoms with Crippen molar-refractivity contribution in [2.24, 2.45) is 11.7 Å². The standard InChI is InChI=1S/C19H24N4O/c20-17(11-14-7-3-1-4-8-14)19(24)23-16-12-21-18(22-13-16)15-9-5-2-6-10-15/h2,5-6,9-10,12-14,17H,1,3-4,7-8,11,20H2,(H,23,24). The molecule has 1 aromatic heterocycles. The highest BCUT2D eigenvalue weighted by molar-refractivity contribution is 5.94. The molecule has 0 spiro atoms. The summed E-state index contributed by atoms with van der Waals surface area (Å²) in [5.74, 6) is 1.06. The molecular weight excluding hydrogens is 300 g/mol. The van der Waals surface area contributed by atoms with E-state index >= 15 is 0 Å². The average Bonchev–Trinajstić information content (AvgIpc) is 2.64. The summed E-state index contributed by atoms with van der Waals surface area (Å²) in [6.45, 7) is 0. The first-order chi connectivity index (χ1) is 11.7. The zero-order chi connectivity index (χ0) is 16.8. The maximum absolute atomic E-state index is 12.2. The van der Waals surface area contributed by atoms with Crippen LogP contribution in [-0.4, -0.2) is 21.9 Å². The number of nitrogens with two attached hydrogens (primary N) is 1. The smallest absolute Gasteiger partial charge is 0.241 e. The van der Waals surface area contributed by atoms with Crippen molar-refractivity contribution in [1.82, 2.24) is 9.97 Å². The van der Waals surface area contributed by atoms with Crippen molar-refractivity contribution in [3.05, 3.63) is 42.7 Å². The molecule has 1 aliphatic rings. The van der Waals surface area contributed by atoms with E-state index in [1.807, 2.05) is 30.3 Å². The Kier molecular flexibility index (Phi) is 5.54. The summed E-state index contributed by atoms with van der Waals surface area (Å²) >= 11 is 0. The first kappa shape index (κ1) is 16.6. The number of carbonyl (C=O) groups is 1. The first-order valence-electron chi connectivity index (χ1n) is 8.66. The second-order valence-corrected chi connectivity index (χ2v) is 6.50. The number of nitrogens with one attached hydrogen (secondary N) is 1. The van der Waals surface area contributed by atoms with Crippen molar-refractivity contribution in [2.75, 3.05) is 5.32 Å². The van der Waals surface area contributed by atoms with Crippen LogP contribution in [0.4, 0.5) is 5.69 Å². The summed E-state index contributed by atoms with van der Waals surface area (Å²) in [5.41, 5.74) is 7.59. The molecule has 2 aromatic rings. The fraction of sp³-hybridized carbons (Fsp3) is 0.421. The summed E-state index contributed by atoms with van der Waals surface area (Å²) in [5, 5.41) is 2.82. The lowest BCUT2D eigenvalue weighted by atomic mass is 9.85. The van der Waals surface area contributed by atoms with Crippen LogP contribution < -0.4 is 11.1 Å². The Hall–Kier alpha value is -2.27. The molecular formula is C19H24N4O. The van der Waals surface area contributed by atoms with Gasteiger partial charge in [0.15, 0.2) is 5.82 Å². The molecule has 3 rings (SSSR count). The van der Waals surface area contributed by atoms with E-state index < -0.39 is 6.04 Å². The lowest BCUT2D eigenvalue weighted by Crippen LogP contribution is -2.37. The number of aromatic nitrogens is 2. The van der Waals surface area contributed by atoms with Gasteiger partial charge in [0, 0.05) is 5.56 Å². The quantitative estimate of drug-likeness (QED) is 0.883. The summed E-state index contributed by atoms with van der Waals surface area (Å²) in [4.78, 5) is 20.9. The van der Waals surface area contributed by atoms with Crippen molar-refractivity contribution in [2.45, 2.75) is 44.6 Å². The van der Waals surface area contributed by atoms with E-state index in [0.29, 0.717) is 17.4 Å². The highest BCUT2D eigenvalue weighted by atomic mass is 16.2. The molecule has 1 fully saturated rings. The number of amides is 1. The van der Waals surface area contributed by atoms with Crippen molar-refractivity contribution in [3.8, 4) is 11.4 Å². The number of carbonyl (C=O) groups excluding carboxylic acids is 1. The third-order valence-electron chi connectivity index (χ3n) is 4.60. The lowest BCUT2D eigenvalue weighted by Gasteiger charge is -2.24. The van der Waals surface area contributed by atoms with Gasteiger partial charge in [-0.05, 0) is 12.3 Å². The molecule has 1 amide bonds. The van der Waals surface area contributed by atoms with Crippen LogP contribution in [0.25, 0.3) is 11.4 Å². The predicted molar refractivity (Wildman–Crippen MR) is 95.3 cm³/mol. The highest BCUT2D eigenvalue weighted by Crippen LogP contribution is 2.27. The zero-order valence-electron chi connectivity index (χ0n) is 13.8. The molecule has 1 aromatic carbocycles. The fourth-order valence-electron chi connectivity index (χ4n) is 3.25. The monoisotopic (exact) mass is 324 g/mol. The second kappa shape index (κ2) is 8.02. The Morgan fingerprint density at radius 3 is 2.46 bits per heavy atom. The van der Waals surface area contributed by atoms with Crippen LogP contribution in [-0.2, 0) is 4.79 Å². The Morgan fingerprint density at radius 1 is 1.12 bits per heavy atom. The van der Waals surface area contributed by atoms with Gasteiger partial charge in [-0.15, -0.1) is 0 Å². The molecule has 1 aliphatic carbocycles. The molecule has 1 atom stereocenters. The molecule has 5 heteroatoms. The fourth-order valence-corrected chi connectivity index (χ4v) is 3.25. The number of hydrogen-bond acceptors (Lipinski definition) is 4. The van der Waals surface area contributed by atoms with Gasteiger partial charge in [-0.25, -0.2) is 9.97 Å². The SMILES string of the molecule is NC(CC1CCCCC1)C(=O)Nc1cnc(-c2ccccc2)nc1. The van der Waals surface area contributed by atoms with Gasteiger partial charge in [-0.1, -0.05) is 62.4 Å². The minimum atomic E-state index is -0.470. The van der Waals surface area contributed by atoms with Crippen LogP contribution in [0.3, 0.4) is 0 Å². The zero-order valence-corrected chi connectivity index (χ0v) is 13.8. The normalized spacial score (nSPS) is 16.5. The second-order valence-electron chi connectivity index (χ2n) is 6.50. The predicted octanol–water partition coefficient (Wildman–Crippen LogP) is 3.38. The van der Waals surface area contributed by atoms with E-state index in [2.05, 4.69) is 15.3 Å². The van der Waals surface area contributed by atoms with Crippen LogP contribution in [0.1, 0.15) is 38.5 Å². The number of nitrogens with zero attached hydrogens (tertiary/aromatic N) is 2.